The van der Waals surface area contributed by atoms with Crippen molar-refractivity contribution in [2.24, 2.45) is 0 Å². The Hall–Kier alpha value is -1.75. The van der Waals surface area contributed by atoms with Gasteiger partial charge in [0.05, 0.1) is 0 Å². The first-order chi connectivity index (χ1) is 8.46. The summed E-state index contributed by atoms with van der Waals surface area (Å²) in [5.74, 6) is -0.272. The lowest BCUT2D eigenvalue weighted by atomic mass is 10.1. The van der Waals surface area contributed by atoms with Crippen molar-refractivity contribution in [2.45, 2.75) is 6.36 Å². The van der Waals surface area contributed by atoms with E-state index < -0.39 is 6.36 Å². The Morgan fingerprint density at radius 3 is 2.28 bits per heavy atom. The van der Waals surface area contributed by atoms with Gasteiger partial charge in [-0.25, -0.2) is 4.98 Å². The van der Waals surface area contributed by atoms with Crippen LogP contribution in [0.3, 0.4) is 0 Å². The van der Waals surface area contributed by atoms with E-state index in [1.54, 1.807) is 12.1 Å². The Bertz CT molecular complexity index is 540. The summed E-state index contributed by atoms with van der Waals surface area (Å²) in [4.78, 5) is 3.89. The molecule has 0 N–H and O–H groups in total. The van der Waals surface area contributed by atoms with Crippen LogP contribution in [-0.4, -0.2) is 11.3 Å². The predicted molar refractivity (Wildman–Crippen MR) is 61.4 cm³/mol. The first-order valence-electron chi connectivity index (χ1n) is 4.92. The van der Waals surface area contributed by atoms with E-state index in [1.165, 1.54) is 30.5 Å². The molecular weight excluding hydrogens is 267 g/mol. The molecule has 2 aromatic rings. The maximum atomic E-state index is 12.0. The number of halogens is 4. The van der Waals surface area contributed by atoms with E-state index in [-0.39, 0.29) is 5.75 Å². The van der Waals surface area contributed by atoms with Gasteiger partial charge in [0, 0.05) is 11.8 Å². The monoisotopic (exact) mass is 273 g/mol. The maximum absolute atomic E-state index is 12.0. The number of alkyl halides is 3. The number of ether oxygens (including phenoxy) is 1. The highest BCUT2D eigenvalue weighted by Gasteiger charge is 2.30. The highest BCUT2D eigenvalue weighted by Crippen LogP contribution is 2.29. The highest BCUT2D eigenvalue weighted by molar-refractivity contribution is 6.32. The number of hydrogen-bond acceptors (Lipinski definition) is 2. The minimum atomic E-state index is -4.69. The van der Waals surface area contributed by atoms with E-state index >= 15 is 0 Å². The summed E-state index contributed by atoms with van der Waals surface area (Å²) in [6.07, 6.45) is -3.15. The van der Waals surface area contributed by atoms with Crippen molar-refractivity contribution in [3.8, 4) is 16.9 Å². The SMILES string of the molecule is FC(F)(F)Oc1ccc(-c2cccnc2Cl)cc1. The van der Waals surface area contributed by atoms with Crippen LogP contribution in [0.15, 0.2) is 42.6 Å². The van der Waals surface area contributed by atoms with Crippen molar-refractivity contribution in [3.63, 3.8) is 0 Å². The Kier molecular flexibility index (Phi) is 3.43. The molecular formula is C12H7ClF3NO. The van der Waals surface area contributed by atoms with Crippen LogP contribution in [-0.2, 0) is 0 Å². The summed E-state index contributed by atoms with van der Waals surface area (Å²) < 4.78 is 39.7. The molecule has 18 heavy (non-hydrogen) atoms. The molecule has 0 aliphatic rings. The molecule has 0 radical (unpaired) electrons. The molecule has 0 bridgehead atoms. The van der Waals surface area contributed by atoms with Crippen LogP contribution in [0.5, 0.6) is 5.75 Å². The molecule has 6 heteroatoms. The molecule has 1 aromatic carbocycles. The molecule has 0 saturated carbocycles. The summed E-state index contributed by atoms with van der Waals surface area (Å²) in [6.45, 7) is 0. The van der Waals surface area contributed by atoms with Gasteiger partial charge in [-0.2, -0.15) is 0 Å². The summed E-state index contributed by atoms with van der Waals surface area (Å²) in [6, 6.07) is 8.86. The maximum Gasteiger partial charge on any atom is 0.573 e. The van der Waals surface area contributed by atoms with E-state index in [4.69, 9.17) is 11.6 Å². The van der Waals surface area contributed by atoms with Crippen LogP contribution < -0.4 is 4.74 Å². The van der Waals surface area contributed by atoms with Gasteiger partial charge in [-0.05, 0) is 29.8 Å². The zero-order chi connectivity index (χ0) is 13.2. The van der Waals surface area contributed by atoms with Crippen LogP contribution in [0.1, 0.15) is 0 Å². The Balaban J connectivity index is 2.26. The van der Waals surface area contributed by atoms with Gasteiger partial charge in [0.15, 0.2) is 0 Å². The summed E-state index contributed by atoms with van der Waals surface area (Å²) in [7, 11) is 0. The average Bonchev–Trinajstić information content (AvgIpc) is 2.29. The molecule has 0 amide bonds. The van der Waals surface area contributed by atoms with Crippen molar-refractivity contribution >= 4 is 11.6 Å². The zero-order valence-corrected chi connectivity index (χ0v) is 9.66. The number of benzene rings is 1. The van der Waals surface area contributed by atoms with Gasteiger partial charge >= 0.3 is 6.36 Å². The second kappa shape index (κ2) is 4.86. The van der Waals surface area contributed by atoms with Gasteiger partial charge in [-0.1, -0.05) is 23.7 Å². The predicted octanol–water partition coefficient (Wildman–Crippen LogP) is 4.30. The normalized spacial score (nSPS) is 11.3. The van der Waals surface area contributed by atoms with Crippen molar-refractivity contribution in [1.29, 1.82) is 0 Å². The number of rotatable bonds is 2. The van der Waals surface area contributed by atoms with E-state index in [0.29, 0.717) is 16.3 Å². The molecule has 0 unspecified atom stereocenters. The standard InChI is InChI=1S/C12H7ClF3NO/c13-11-10(2-1-7-17-11)8-3-5-9(6-4-8)18-12(14,15)16/h1-7H. The van der Waals surface area contributed by atoms with E-state index in [1.807, 2.05) is 0 Å². The Labute approximate surface area is 106 Å². The third kappa shape index (κ3) is 3.13. The topological polar surface area (TPSA) is 22.1 Å². The number of pyridine rings is 1. The van der Waals surface area contributed by atoms with Gasteiger partial charge in [-0.15, -0.1) is 13.2 Å². The number of hydrogen-bond donors (Lipinski definition) is 0. The van der Waals surface area contributed by atoms with Gasteiger partial charge in [0.25, 0.3) is 0 Å². The molecule has 2 nitrogen and oxygen atoms in total. The van der Waals surface area contributed by atoms with Gasteiger partial charge in [0.2, 0.25) is 0 Å². The minimum absolute atomic E-state index is 0.272. The molecule has 94 valence electrons. The van der Waals surface area contributed by atoms with Crippen molar-refractivity contribution in [2.75, 3.05) is 0 Å². The van der Waals surface area contributed by atoms with Crippen LogP contribution >= 0.6 is 11.6 Å². The van der Waals surface area contributed by atoms with Crippen LogP contribution in [0, 0.1) is 0 Å². The second-order valence-corrected chi connectivity index (χ2v) is 3.77. The average molecular weight is 274 g/mol. The molecule has 0 spiro atoms. The van der Waals surface area contributed by atoms with Gasteiger partial charge in [-0.3, -0.25) is 0 Å². The highest BCUT2D eigenvalue weighted by atomic mass is 35.5. The molecule has 2 rings (SSSR count). The fourth-order valence-electron chi connectivity index (χ4n) is 1.44. The summed E-state index contributed by atoms with van der Waals surface area (Å²) >= 11 is 5.88. The van der Waals surface area contributed by atoms with E-state index in [9.17, 15) is 13.2 Å². The largest absolute Gasteiger partial charge is 0.573 e. The summed E-state index contributed by atoms with van der Waals surface area (Å²) in [5, 5.41) is 0.294. The lowest BCUT2D eigenvalue weighted by molar-refractivity contribution is -0.274. The molecule has 0 atom stereocenters. The summed E-state index contributed by atoms with van der Waals surface area (Å²) in [5.41, 5.74) is 1.32. The van der Waals surface area contributed by atoms with Crippen molar-refractivity contribution < 1.29 is 17.9 Å². The third-order valence-electron chi connectivity index (χ3n) is 2.16. The molecule has 0 saturated heterocycles. The van der Waals surface area contributed by atoms with E-state index in [2.05, 4.69) is 9.72 Å². The van der Waals surface area contributed by atoms with Gasteiger partial charge < -0.3 is 4.74 Å². The molecule has 0 fully saturated rings. The van der Waals surface area contributed by atoms with Crippen LogP contribution in [0.2, 0.25) is 5.15 Å². The van der Waals surface area contributed by atoms with Gasteiger partial charge in [0.1, 0.15) is 10.9 Å². The molecule has 0 aliphatic carbocycles. The molecule has 0 aliphatic heterocycles. The van der Waals surface area contributed by atoms with E-state index in [0.717, 1.165) is 0 Å². The fourth-order valence-corrected chi connectivity index (χ4v) is 1.67. The zero-order valence-electron chi connectivity index (χ0n) is 8.91. The van der Waals surface area contributed by atoms with Crippen LogP contribution in [0.4, 0.5) is 13.2 Å². The van der Waals surface area contributed by atoms with Crippen molar-refractivity contribution in [1.82, 2.24) is 4.98 Å². The smallest absolute Gasteiger partial charge is 0.406 e. The quantitative estimate of drug-likeness (QED) is 0.761. The second-order valence-electron chi connectivity index (χ2n) is 3.41. The lowest BCUT2D eigenvalue weighted by Gasteiger charge is -2.09. The number of nitrogens with zero attached hydrogens (tertiary/aromatic N) is 1. The van der Waals surface area contributed by atoms with Crippen molar-refractivity contribution in [3.05, 3.63) is 47.7 Å². The first kappa shape index (κ1) is 12.7. The fraction of sp³-hybridized carbons (Fsp3) is 0.0833. The molecule has 1 heterocycles. The minimum Gasteiger partial charge on any atom is -0.406 e. The Morgan fingerprint density at radius 1 is 1.06 bits per heavy atom. The molecule has 1 aromatic heterocycles. The number of aromatic nitrogens is 1. The lowest BCUT2D eigenvalue weighted by Crippen LogP contribution is -2.16. The Morgan fingerprint density at radius 2 is 1.72 bits per heavy atom. The first-order valence-corrected chi connectivity index (χ1v) is 5.30. The van der Waals surface area contributed by atoms with Crippen LogP contribution in [0.25, 0.3) is 11.1 Å². The third-order valence-corrected chi connectivity index (χ3v) is 2.46.